The van der Waals surface area contributed by atoms with Crippen molar-refractivity contribution in [3.63, 3.8) is 0 Å². The molecule has 0 bridgehead atoms. The molecule has 0 spiro atoms. The number of hydrogen-bond donors (Lipinski definition) is 1. The van der Waals surface area contributed by atoms with E-state index in [1.54, 1.807) is 6.07 Å². The molecule has 1 aromatic rings. The summed E-state index contributed by atoms with van der Waals surface area (Å²) in [5.41, 5.74) is -0.148. The van der Waals surface area contributed by atoms with Crippen LogP contribution in [0.15, 0.2) is 18.2 Å². The molecule has 1 amide bonds. The van der Waals surface area contributed by atoms with Crippen molar-refractivity contribution in [2.24, 2.45) is 0 Å². The third-order valence-electron chi connectivity index (χ3n) is 2.26. The second-order valence-electron chi connectivity index (χ2n) is 3.44. The highest BCUT2D eigenvalue weighted by molar-refractivity contribution is 5.69. The molecule has 2 rings (SSSR count). The van der Waals surface area contributed by atoms with E-state index < -0.39 is 18.0 Å². The summed E-state index contributed by atoms with van der Waals surface area (Å²) in [6.45, 7) is 0.424. The molecule has 0 aliphatic carbocycles. The number of amides is 1. The largest absolute Gasteiger partial charge is 0.488 e. The number of cyclic esters (lactones) is 1. The Hall–Kier alpha value is -2.29. The fraction of sp³-hybridized carbons (Fsp3) is 0.273. The predicted molar refractivity (Wildman–Crippen MR) is 54.9 cm³/mol. The summed E-state index contributed by atoms with van der Waals surface area (Å²) >= 11 is 0. The molecule has 1 aliphatic heterocycles. The van der Waals surface area contributed by atoms with Gasteiger partial charge in [-0.05, 0) is 12.1 Å². The number of ether oxygens (including phenoxy) is 2. The summed E-state index contributed by atoms with van der Waals surface area (Å²) in [6, 6.07) is 5.85. The van der Waals surface area contributed by atoms with Gasteiger partial charge in [-0.15, -0.1) is 0 Å². The zero-order valence-electron chi connectivity index (χ0n) is 8.77. The number of carbonyl (C=O) groups excluding carboxylic acids is 1. The van der Waals surface area contributed by atoms with Gasteiger partial charge in [-0.2, -0.15) is 5.26 Å². The van der Waals surface area contributed by atoms with Crippen molar-refractivity contribution in [3.05, 3.63) is 29.6 Å². The van der Waals surface area contributed by atoms with Crippen molar-refractivity contribution in [1.29, 1.82) is 5.26 Å². The molecular formula is C11H9FN2O3. The number of nitrogens with zero attached hydrogens (tertiary/aromatic N) is 1. The van der Waals surface area contributed by atoms with Crippen molar-refractivity contribution in [3.8, 4) is 11.8 Å². The first-order chi connectivity index (χ1) is 8.20. The summed E-state index contributed by atoms with van der Waals surface area (Å²) < 4.78 is 23.3. The first-order valence-corrected chi connectivity index (χ1v) is 4.96. The average molecular weight is 236 g/mol. The van der Waals surface area contributed by atoms with E-state index in [1.165, 1.54) is 18.2 Å². The minimum atomic E-state index is -0.633. The number of nitriles is 1. The molecule has 1 saturated heterocycles. The van der Waals surface area contributed by atoms with Crippen LogP contribution in [0.4, 0.5) is 9.18 Å². The Kier molecular flexibility index (Phi) is 3.10. The molecule has 5 nitrogen and oxygen atoms in total. The van der Waals surface area contributed by atoms with Gasteiger partial charge in [-0.1, -0.05) is 6.07 Å². The Bertz CT molecular complexity index is 484. The summed E-state index contributed by atoms with van der Waals surface area (Å²) in [7, 11) is 0. The Morgan fingerprint density at radius 2 is 2.47 bits per heavy atom. The van der Waals surface area contributed by atoms with Crippen LogP contribution in [0.25, 0.3) is 0 Å². The Labute approximate surface area is 96.7 Å². The van der Waals surface area contributed by atoms with Gasteiger partial charge in [0, 0.05) is 0 Å². The normalized spacial score (nSPS) is 18.1. The van der Waals surface area contributed by atoms with Gasteiger partial charge in [0.1, 0.15) is 29.8 Å². The monoisotopic (exact) mass is 236 g/mol. The maximum Gasteiger partial charge on any atom is 0.407 e. The summed E-state index contributed by atoms with van der Waals surface area (Å²) in [5, 5.41) is 11.2. The van der Waals surface area contributed by atoms with Gasteiger partial charge < -0.3 is 14.8 Å². The highest BCUT2D eigenvalue weighted by atomic mass is 19.1. The van der Waals surface area contributed by atoms with Gasteiger partial charge in [0.25, 0.3) is 0 Å². The standard InChI is InChI=1S/C11H9FN2O3/c12-9-2-1-3-10(8(9)4-13)16-6-7-5-14-11(15)17-7/h1-3,7H,5-6H2,(H,14,15). The van der Waals surface area contributed by atoms with Crippen LogP contribution in [0.2, 0.25) is 0 Å². The van der Waals surface area contributed by atoms with E-state index in [2.05, 4.69) is 5.32 Å². The van der Waals surface area contributed by atoms with Crippen LogP contribution >= 0.6 is 0 Å². The zero-order valence-corrected chi connectivity index (χ0v) is 8.77. The lowest BCUT2D eigenvalue weighted by molar-refractivity contribution is 0.104. The second kappa shape index (κ2) is 4.70. The molecule has 0 aromatic heterocycles. The minimum absolute atomic E-state index is 0.0802. The Morgan fingerprint density at radius 3 is 3.12 bits per heavy atom. The van der Waals surface area contributed by atoms with E-state index in [-0.39, 0.29) is 17.9 Å². The van der Waals surface area contributed by atoms with Gasteiger partial charge in [-0.3, -0.25) is 0 Å². The molecule has 1 atom stereocenters. The number of alkyl carbamates (subject to hydrolysis) is 1. The molecule has 1 N–H and O–H groups in total. The van der Waals surface area contributed by atoms with E-state index in [0.717, 1.165) is 0 Å². The summed E-state index contributed by atoms with van der Waals surface area (Å²) in [5.74, 6) is -0.484. The number of nitrogens with one attached hydrogen (secondary N) is 1. The van der Waals surface area contributed by atoms with E-state index in [1.807, 2.05) is 0 Å². The predicted octanol–water partition coefficient (Wildman–Crippen LogP) is 1.18. The molecule has 17 heavy (non-hydrogen) atoms. The highest BCUT2D eigenvalue weighted by Crippen LogP contribution is 2.20. The smallest absolute Gasteiger partial charge is 0.407 e. The fourth-order valence-corrected chi connectivity index (χ4v) is 1.44. The number of carbonyl (C=O) groups is 1. The minimum Gasteiger partial charge on any atom is -0.488 e. The van der Waals surface area contributed by atoms with Gasteiger partial charge in [0.15, 0.2) is 6.10 Å². The third-order valence-corrected chi connectivity index (χ3v) is 2.26. The zero-order chi connectivity index (χ0) is 12.3. The topological polar surface area (TPSA) is 71.3 Å². The van der Waals surface area contributed by atoms with Gasteiger partial charge in [0.05, 0.1) is 6.54 Å². The number of halogens is 1. The molecule has 0 radical (unpaired) electrons. The molecule has 1 unspecified atom stereocenters. The molecule has 88 valence electrons. The van der Waals surface area contributed by atoms with Crippen LogP contribution in [0, 0.1) is 17.1 Å². The van der Waals surface area contributed by atoms with Crippen LogP contribution in [0.5, 0.6) is 5.75 Å². The molecule has 1 aromatic carbocycles. The maximum absolute atomic E-state index is 13.2. The molecule has 0 saturated carbocycles. The van der Waals surface area contributed by atoms with Crippen molar-refractivity contribution in [1.82, 2.24) is 5.32 Å². The SMILES string of the molecule is N#Cc1c(F)cccc1OCC1CNC(=O)O1. The lowest BCUT2D eigenvalue weighted by Gasteiger charge is -2.11. The van der Waals surface area contributed by atoms with Crippen LogP contribution in [0.1, 0.15) is 5.56 Å². The lowest BCUT2D eigenvalue weighted by atomic mass is 10.2. The Balaban J connectivity index is 2.02. The van der Waals surface area contributed by atoms with E-state index >= 15 is 0 Å². The average Bonchev–Trinajstić information content (AvgIpc) is 2.72. The van der Waals surface area contributed by atoms with Gasteiger partial charge in [-0.25, -0.2) is 9.18 Å². The van der Waals surface area contributed by atoms with E-state index in [0.29, 0.717) is 6.54 Å². The van der Waals surface area contributed by atoms with E-state index in [9.17, 15) is 9.18 Å². The van der Waals surface area contributed by atoms with Gasteiger partial charge in [0.2, 0.25) is 0 Å². The first-order valence-electron chi connectivity index (χ1n) is 4.96. The lowest BCUT2D eigenvalue weighted by Crippen LogP contribution is -2.22. The van der Waals surface area contributed by atoms with Crippen molar-refractivity contribution >= 4 is 6.09 Å². The van der Waals surface area contributed by atoms with E-state index in [4.69, 9.17) is 14.7 Å². The van der Waals surface area contributed by atoms with Crippen molar-refractivity contribution < 1.29 is 18.7 Å². The van der Waals surface area contributed by atoms with Crippen molar-refractivity contribution in [2.45, 2.75) is 6.10 Å². The molecule has 1 fully saturated rings. The molecule has 1 aliphatic rings. The van der Waals surface area contributed by atoms with Crippen molar-refractivity contribution in [2.75, 3.05) is 13.2 Å². The third kappa shape index (κ3) is 2.45. The number of hydrogen-bond acceptors (Lipinski definition) is 4. The van der Waals surface area contributed by atoms with Crippen LogP contribution in [0.3, 0.4) is 0 Å². The number of benzene rings is 1. The highest BCUT2D eigenvalue weighted by Gasteiger charge is 2.23. The Morgan fingerprint density at radius 1 is 1.65 bits per heavy atom. The molecule has 6 heteroatoms. The van der Waals surface area contributed by atoms with Gasteiger partial charge >= 0.3 is 6.09 Å². The summed E-state index contributed by atoms with van der Waals surface area (Å²) in [4.78, 5) is 10.7. The molecule has 1 heterocycles. The number of rotatable bonds is 3. The first kappa shape index (κ1) is 11.2. The van der Waals surface area contributed by atoms with Crippen LogP contribution in [-0.2, 0) is 4.74 Å². The quantitative estimate of drug-likeness (QED) is 0.855. The summed E-state index contributed by atoms with van der Waals surface area (Å²) in [6.07, 6.45) is -0.921. The second-order valence-corrected chi connectivity index (χ2v) is 3.44. The van der Waals surface area contributed by atoms with Crippen LogP contribution < -0.4 is 10.1 Å². The molecular weight excluding hydrogens is 227 g/mol. The van der Waals surface area contributed by atoms with Crippen LogP contribution in [-0.4, -0.2) is 25.3 Å². The fourth-order valence-electron chi connectivity index (χ4n) is 1.44. The maximum atomic E-state index is 13.2.